The summed E-state index contributed by atoms with van der Waals surface area (Å²) in [7, 11) is 0. The Kier molecular flexibility index (Phi) is 5.37. The van der Waals surface area contributed by atoms with E-state index in [1.54, 1.807) is 24.3 Å². The molecule has 26 heavy (non-hydrogen) atoms. The van der Waals surface area contributed by atoms with Crippen molar-refractivity contribution in [3.05, 3.63) is 65.4 Å². The van der Waals surface area contributed by atoms with Crippen LogP contribution < -0.4 is 5.73 Å². The number of carbonyl (C=O) groups excluding carboxylic acids is 1. The maximum absolute atomic E-state index is 13.0. The third-order valence-electron chi connectivity index (χ3n) is 4.51. The smallest absolute Gasteiger partial charge is 0.303 e. The summed E-state index contributed by atoms with van der Waals surface area (Å²) < 4.78 is 0. The van der Waals surface area contributed by atoms with E-state index in [0.29, 0.717) is 23.4 Å². The number of hydrogen-bond acceptors (Lipinski definition) is 3. The summed E-state index contributed by atoms with van der Waals surface area (Å²) in [6.45, 7) is 0. The molecule has 0 aliphatic rings. The molecule has 0 saturated carbocycles. The van der Waals surface area contributed by atoms with E-state index < -0.39 is 5.97 Å². The quantitative estimate of drug-likeness (QED) is 0.323. The molecule has 0 atom stereocenters. The van der Waals surface area contributed by atoms with Crippen molar-refractivity contribution in [1.82, 2.24) is 4.98 Å². The standard InChI is InChI=1S/C21H22N2O3/c22-15-8-6-7-14(13-15)21(26)20-17(10-2-1-3-12-19(24)25)16-9-4-5-11-18(16)23-20/h4-9,11,13,23H,1-3,10,12,22H2,(H,24,25). The van der Waals surface area contributed by atoms with E-state index in [1.165, 1.54) is 0 Å². The molecule has 2 aromatic carbocycles. The second-order valence-corrected chi connectivity index (χ2v) is 6.43. The maximum Gasteiger partial charge on any atom is 0.303 e. The lowest BCUT2D eigenvalue weighted by Crippen LogP contribution is -2.06. The number of carboxylic acids is 1. The Labute approximate surface area is 151 Å². The van der Waals surface area contributed by atoms with Crippen molar-refractivity contribution in [3.8, 4) is 0 Å². The molecule has 0 aliphatic heterocycles. The third kappa shape index (κ3) is 3.94. The highest BCUT2D eigenvalue weighted by Gasteiger charge is 2.19. The molecule has 3 rings (SSSR count). The molecule has 4 N–H and O–H groups in total. The van der Waals surface area contributed by atoms with Gasteiger partial charge in [0.25, 0.3) is 0 Å². The van der Waals surface area contributed by atoms with Crippen molar-refractivity contribution in [2.24, 2.45) is 0 Å². The fourth-order valence-corrected chi connectivity index (χ4v) is 3.23. The number of aromatic amines is 1. The highest BCUT2D eigenvalue weighted by molar-refractivity contribution is 6.12. The monoisotopic (exact) mass is 350 g/mol. The van der Waals surface area contributed by atoms with Crippen LogP contribution in [0.4, 0.5) is 5.69 Å². The van der Waals surface area contributed by atoms with Crippen molar-refractivity contribution in [2.75, 3.05) is 5.73 Å². The first-order valence-electron chi connectivity index (χ1n) is 8.78. The molecule has 0 aliphatic carbocycles. The molecule has 5 heteroatoms. The van der Waals surface area contributed by atoms with Crippen LogP contribution in [0.1, 0.15) is 47.3 Å². The van der Waals surface area contributed by atoms with E-state index in [9.17, 15) is 9.59 Å². The Bertz CT molecular complexity index is 943. The number of para-hydroxylation sites is 1. The number of aliphatic carboxylic acids is 1. The van der Waals surface area contributed by atoms with Gasteiger partial charge in [-0.3, -0.25) is 9.59 Å². The minimum absolute atomic E-state index is 0.0750. The lowest BCUT2D eigenvalue weighted by atomic mass is 9.98. The van der Waals surface area contributed by atoms with Gasteiger partial charge in [0, 0.05) is 28.6 Å². The van der Waals surface area contributed by atoms with Crippen LogP contribution in [0.25, 0.3) is 10.9 Å². The SMILES string of the molecule is Nc1cccc(C(=O)c2[nH]c3ccccc3c2CCCCCC(=O)O)c1. The first kappa shape index (κ1) is 17.7. The van der Waals surface area contributed by atoms with Gasteiger partial charge in [-0.1, -0.05) is 36.8 Å². The molecule has 0 spiro atoms. The molecule has 0 radical (unpaired) electrons. The predicted molar refractivity (Wildman–Crippen MR) is 102 cm³/mol. The number of hydrogen-bond donors (Lipinski definition) is 3. The summed E-state index contributed by atoms with van der Waals surface area (Å²) >= 11 is 0. The number of benzene rings is 2. The number of aromatic nitrogens is 1. The highest BCUT2D eigenvalue weighted by atomic mass is 16.4. The Morgan fingerprint density at radius 3 is 2.58 bits per heavy atom. The fraction of sp³-hybridized carbons (Fsp3) is 0.238. The lowest BCUT2D eigenvalue weighted by Gasteiger charge is -2.06. The minimum atomic E-state index is -0.769. The number of carbonyl (C=O) groups is 2. The summed E-state index contributed by atoms with van der Waals surface area (Å²) in [5, 5.41) is 9.78. The number of aryl methyl sites for hydroxylation is 1. The van der Waals surface area contributed by atoms with Crippen molar-refractivity contribution < 1.29 is 14.7 Å². The Morgan fingerprint density at radius 1 is 1.00 bits per heavy atom. The van der Waals surface area contributed by atoms with Crippen LogP contribution in [0, 0.1) is 0 Å². The summed E-state index contributed by atoms with van der Waals surface area (Å²) in [5.41, 5.74) is 9.44. The van der Waals surface area contributed by atoms with E-state index in [1.807, 2.05) is 24.3 Å². The molecule has 5 nitrogen and oxygen atoms in total. The molecular formula is C21H22N2O3. The first-order chi connectivity index (χ1) is 12.6. The molecule has 0 unspecified atom stereocenters. The number of carboxylic acid groups (broad SMARTS) is 1. The molecule has 0 amide bonds. The van der Waals surface area contributed by atoms with E-state index in [2.05, 4.69) is 4.98 Å². The molecular weight excluding hydrogens is 328 g/mol. The Morgan fingerprint density at radius 2 is 1.81 bits per heavy atom. The largest absolute Gasteiger partial charge is 0.481 e. The van der Waals surface area contributed by atoms with Crippen molar-refractivity contribution >= 4 is 28.3 Å². The van der Waals surface area contributed by atoms with E-state index in [4.69, 9.17) is 10.8 Å². The first-order valence-corrected chi connectivity index (χ1v) is 8.78. The van der Waals surface area contributed by atoms with Crippen LogP contribution in [-0.4, -0.2) is 21.8 Å². The zero-order valence-electron chi connectivity index (χ0n) is 14.5. The van der Waals surface area contributed by atoms with Gasteiger partial charge >= 0.3 is 5.97 Å². The molecule has 0 saturated heterocycles. The van der Waals surface area contributed by atoms with Gasteiger partial charge in [-0.25, -0.2) is 0 Å². The highest BCUT2D eigenvalue weighted by Crippen LogP contribution is 2.26. The topological polar surface area (TPSA) is 96.2 Å². The van der Waals surface area contributed by atoms with Crippen molar-refractivity contribution in [3.63, 3.8) is 0 Å². The van der Waals surface area contributed by atoms with Crippen LogP contribution in [-0.2, 0) is 11.2 Å². The van der Waals surface area contributed by atoms with Gasteiger partial charge in [-0.05, 0) is 43.0 Å². The van der Waals surface area contributed by atoms with Gasteiger partial charge in [0.2, 0.25) is 5.78 Å². The Balaban J connectivity index is 1.87. The molecule has 1 aromatic heterocycles. The van der Waals surface area contributed by atoms with Crippen LogP contribution >= 0.6 is 0 Å². The number of unbranched alkanes of at least 4 members (excludes halogenated alkanes) is 2. The van der Waals surface area contributed by atoms with Gasteiger partial charge in [-0.15, -0.1) is 0 Å². The molecule has 0 fully saturated rings. The van der Waals surface area contributed by atoms with Crippen molar-refractivity contribution in [1.29, 1.82) is 0 Å². The number of nitrogens with one attached hydrogen (secondary N) is 1. The van der Waals surface area contributed by atoms with Crippen molar-refractivity contribution in [2.45, 2.75) is 32.1 Å². The van der Waals surface area contributed by atoms with Crippen LogP contribution in [0.2, 0.25) is 0 Å². The summed E-state index contributed by atoms with van der Waals surface area (Å²) in [6, 6.07) is 14.8. The van der Waals surface area contributed by atoms with Crippen LogP contribution in [0.5, 0.6) is 0 Å². The predicted octanol–water partition coefficient (Wildman–Crippen LogP) is 4.17. The number of nitrogen functional groups attached to an aromatic ring is 1. The zero-order valence-corrected chi connectivity index (χ0v) is 14.5. The van der Waals surface area contributed by atoms with Gasteiger partial charge in [-0.2, -0.15) is 0 Å². The zero-order chi connectivity index (χ0) is 18.5. The number of nitrogens with two attached hydrogens (primary N) is 1. The second kappa shape index (κ2) is 7.87. The fourth-order valence-electron chi connectivity index (χ4n) is 3.23. The van der Waals surface area contributed by atoms with Crippen LogP contribution in [0.3, 0.4) is 0 Å². The normalized spacial score (nSPS) is 10.9. The van der Waals surface area contributed by atoms with Gasteiger partial charge < -0.3 is 15.8 Å². The van der Waals surface area contributed by atoms with E-state index in [-0.39, 0.29) is 12.2 Å². The average molecular weight is 350 g/mol. The Hall–Kier alpha value is -3.08. The minimum Gasteiger partial charge on any atom is -0.481 e. The average Bonchev–Trinajstić information content (AvgIpc) is 2.99. The maximum atomic E-state index is 13.0. The number of anilines is 1. The summed E-state index contributed by atoms with van der Waals surface area (Å²) in [6.07, 6.45) is 3.22. The molecule has 3 aromatic rings. The van der Waals surface area contributed by atoms with Crippen LogP contribution in [0.15, 0.2) is 48.5 Å². The number of fused-ring (bicyclic) bond motifs is 1. The molecule has 134 valence electrons. The molecule has 1 heterocycles. The number of ketones is 1. The van der Waals surface area contributed by atoms with Gasteiger partial charge in [0.05, 0.1) is 5.69 Å². The lowest BCUT2D eigenvalue weighted by molar-refractivity contribution is -0.137. The van der Waals surface area contributed by atoms with Gasteiger partial charge in [0.15, 0.2) is 0 Å². The number of rotatable bonds is 8. The van der Waals surface area contributed by atoms with E-state index >= 15 is 0 Å². The molecule has 0 bridgehead atoms. The number of H-pyrrole nitrogens is 1. The second-order valence-electron chi connectivity index (χ2n) is 6.43. The third-order valence-corrected chi connectivity index (χ3v) is 4.51. The van der Waals surface area contributed by atoms with Gasteiger partial charge in [0.1, 0.15) is 0 Å². The summed E-state index contributed by atoms with van der Waals surface area (Å²) in [5.74, 6) is -0.844. The van der Waals surface area contributed by atoms with E-state index in [0.717, 1.165) is 35.7 Å². The summed E-state index contributed by atoms with van der Waals surface area (Å²) in [4.78, 5) is 26.9.